The van der Waals surface area contributed by atoms with Gasteiger partial charge in [0.1, 0.15) is 0 Å². The normalized spacial score (nSPS) is 18.4. The maximum absolute atomic E-state index is 6.73. The Morgan fingerprint density at radius 2 is 1.90 bits per heavy atom. The second-order valence-electron chi connectivity index (χ2n) is 8.76. The van der Waals surface area contributed by atoms with E-state index in [9.17, 15) is 0 Å². The van der Waals surface area contributed by atoms with Gasteiger partial charge in [-0.25, -0.2) is 0 Å². The van der Waals surface area contributed by atoms with Gasteiger partial charge in [-0.2, -0.15) is 0 Å². The minimum absolute atomic E-state index is 0.143. The molecule has 0 aromatic heterocycles. The lowest BCUT2D eigenvalue weighted by molar-refractivity contribution is 0.376. The van der Waals surface area contributed by atoms with Crippen LogP contribution in [0.5, 0.6) is 0 Å². The minimum atomic E-state index is 0.143. The molecule has 0 amide bonds. The van der Waals surface area contributed by atoms with Crippen LogP contribution in [0.25, 0.3) is 10.8 Å². The van der Waals surface area contributed by atoms with Gasteiger partial charge in [0.2, 0.25) is 0 Å². The fourth-order valence-corrected chi connectivity index (χ4v) is 4.93. The molecule has 1 aliphatic heterocycles. The lowest BCUT2D eigenvalue weighted by atomic mass is 9.79. The smallest absolute Gasteiger partial charge is 0.0708 e. The second-order valence-corrected chi connectivity index (χ2v) is 9.17. The third kappa shape index (κ3) is 3.79. The van der Waals surface area contributed by atoms with Gasteiger partial charge in [-0.3, -0.25) is 4.99 Å². The summed E-state index contributed by atoms with van der Waals surface area (Å²) in [5, 5.41) is 3.12. The predicted octanol–water partition coefficient (Wildman–Crippen LogP) is 7.75. The first kappa shape index (κ1) is 20.0. The Morgan fingerprint density at radius 3 is 2.69 bits per heavy atom. The van der Waals surface area contributed by atoms with E-state index in [1.54, 1.807) is 0 Å². The van der Waals surface area contributed by atoms with Crippen molar-refractivity contribution in [2.75, 3.05) is 11.4 Å². The van der Waals surface area contributed by atoms with Crippen LogP contribution in [-0.2, 0) is 0 Å². The Kier molecular flexibility index (Phi) is 5.40. The van der Waals surface area contributed by atoms with E-state index in [0.717, 1.165) is 41.0 Å². The summed E-state index contributed by atoms with van der Waals surface area (Å²) in [7, 11) is 0. The Bertz CT molecular complexity index is 1060. The summed E-state index contributed by atoms with van der Waals surface area (Å²) in [6.07, 6.45) is 4.18. The highest BCUT2D eigenvalue weighted by Gasteiger charge is 2.36. The van der Waals surface area contributed by atoms with Gasteiger partial charge in [-0.1, -0.05) is 61.8 Å². The molecular weight excluding hydrogens is 376 g/mol. The van der Waals surface area contributed by atoms with E-state index in [0.29, 0.717) is 5.92 Å². The molecule has 2 nitrogen and oxygen atoms in total. The fourth-order valence-electron chi connectivity index (χ4n) is 4.73. The molecule has 0 bridgehead atoms. The molecule has 0 fully saturated rings. The van der Waals surface area contributed by atoms with Crippen molar-refractivity contribution in [1.29, 1.82) is 0 Å². The number of anilines is 1. The monoisotopic (exact) mass is 404 g/mol. The molecule has 0 radical (unpaired) electrons. The summed E-state index contributed by atoms with van der Waals surface area (Å²) >= 11 is 6.73. The zero-order valence-corrected chi connectivity index (χ0v) is 18.5. The van der Waals surface area contributed by atoms with Gasteiger partial charge in [0, 0.05) is 34.9 Å². The van der Waals surface area contributed by atoms with E-state index >= 15 is 0 Å². The Labute approximate surface area is 179 Å². The Balaban J connectivity index is 1.75. The fraction of sp³-hybridized carbons (Fsp3) is 0.346. The van der Waals surface area contributed by atoms with E-state index in [-0.39, 0.29) is 5.54 Å². The first-order chi connectivity index (χ1) is 13.9. The lowest BCUT2D eigenvalue weighted by Crippen LogP contribution is -2.48. The van der Waals surface area contributed by atoms with Crippen LogP contribution in [0.3, 0.4) is 0 Å². The van der Waals surface area contributed by atoms with Crippen LogP contribution in [0.1, 0.15) is 57.6 Å². The number of nitrogens with zero attached hydrogens (tertiary/aromatic N) is 2. The Morgan fingerprint density at radius 1 is 1.14 bits per heavy atom. The summed E-state index contributed by atoms with van der Waals surface area (Å²) in [5.74, 6) is 0.495. The summed E-state index contributed by atoms with van der Waals surface area (Å²) in [4.78, 5) is 7.33. The largest absolute Gasteiger partial charge is 0.366 e. The van der Waals surface area contributed by atoms with Crippen molar-refractivity contribution >= 4 is 40.0 Å². The van der Waals surface area contributed by atoms with Gasteiger partial charge in [-0.15, -0.1) is 0 Å². The SMILES string of the molecule is CCCN1c2cc(Cl)c(C=Nc3cccc4ccccc34)cc2C(C)CC1(C)C. The molecular formula is C26H29ClN2. The number of aliphatic imine (C=N–C) groups is 1. The zero-order chi connectivity index (χ0) is 20.6. The summed E-state index contributed by atoms with van der Waals surface area (Å²) < 4.78 is 0. The molecule has 3 aromatic carbocycles. The highest BCUT2D eigenvalue weighted by molar-refractivity contribution is 6.33. The molecule has 0 saturated carbocycles. The summed E-state index contributed by atoms with van der Waals surface area (Å²) in [6, 6.07) is 19.0. The van der Waals surface area contributed by atoms with Gasteiger partial charge >= 0.3 is 0 Å². The van der Waals surface area contributed by atoms with E-state index < -0.39 is 0 Å². The molecule has 1 aliphatic rings. The van der Waals surface area contributed by atoms with Gasteiger partial charge in [0.15, 0.2) is 0 Å². The van der Waals surface area contributed by atoms with Gasteiger partial charge in [-0.05, 0) is 61.8 Å². The number of fused-ring (bicyclic) bond motifs is 2. The van der Waals surface area contributed by atoms with Crippen LogP contribution in [0.2, 0.25) is 5.02 Å². The van der Waals surface area contributed by atoms with Crippen molar-refractivity contribution in [2.24, 2.45) is 4.99 Å². The minimum Gasteiger partial charge on any atom is -0.366 e. The highest BCUT2D eigenvalue weighted by atomic mass is 35.5. The molecule has 3 aromatic rings. The molecule has 4 rings (SSSR count). The van der Waals surface area contributed by atoms with Crippen LogP contribution < -0.4 is 4.90 Å². The van der Waals surface area contributed by atoms with Gasteiger partial charge in [0.05, 0.1) is 10.7 Å². The van der Waals surface area contributed by atoms with Crippen LogP contribution in [0, 0.1) is 0 Å². The molecule has 0 aliphatic carbocycles. The number of hydrogen-bond acceptors (Lipinski definition) is 2. The van der Waals surface area contributed by atoms with E-state index in [4.69, 9.17) is 16.6 Å². The maximum atomic E-state index is 6.73. The molecule has 3 heteroatoms. The van der Waals surface area contributed by atoms with Gasteiger partial charge < -0.3 is 4.90 Å². The van der Waals surface area contributed by atoms with Crippen LogP contribution in [0.4, 0.5) is 11.4 Å². The van der Waals surface area contributed by atoms with Crippen LogP contribution in [-0.4, -0.2) is 18.3 Å². The number of rotatable bonds is 4. The third-order valence-corrected chi connectivity index (χ3v) is 6.39. The summed E-state index contributed by atoms with van der Waals surface area (Å²) in [6.45, 7) is 10.3. The van der Waals surface area contributed by atoms with Crippen LogP contribution >= 0.6 is 11.6 Å². The number of benzene rings is 3. The van der Waals surface area contributed by atoms with Gasteiger partial charge in [0.25, 0.3) is 0 Å². The average Bonchev–Trinajstić information content (AvgIpc) is 2.69. The van der Waals surface area contributed by atoms with Crippen molar-refractivity contribution in [1.82, 2.24) is 0 Å². The highest BCUT2D eigenvalue weighted by Crippen LogP contribution is 2.45. The second kappa shape index (κ2) is 7.84. The van der Waals surface area contributed by atoms with Crippen molar-refractivity contribution in [3.63, 3.8) is 0 Å². The molecule has 29 heavy (non-hydrogen) atoms. The first-order valence-corrected chi connectivity index (χ1v) is 10.9. The predicted molar refractivity (Wildman–Crippen MR) is 127 cm³/mol. The standard InChI is InChI=1S/C26H29ClN2/c1-5-13-29-25-15-23(27)20(14-22(25)18(2)16-26(29,3)4)17-28-24-12-8-10-19-9-6-7-11-21(19)24/h6-12,14-15,17-18H,5,13,16H2,1-4H3. The van der Waals surface area contributed by atoms with E-state index in [1.165, 1.54) is 16.6 Å². The van der Waals surface area contributed by atoms with E-state index in [1.807, 2.05) is 6.21 Å². The number of hydrogen-bond donors (Lipinski definition) is 0. The molecule has 1 unspecified atom stereocenters. The molecule has 1 atom stereocenters. The number of halogens is 1. The van der Waals surface area contributed by atoms with Crippen LogP contribution in [0.15, 0.2) is 59.6 Å². The molecule has 0 saturated heterocycles. The lowest BCUT2D eigenvalue weighted by Gasteiger charge is -2.47. The zero-order valence-electron chi connectivity index (χ0n) is 17.7. The Hall–Kier alpha value is -2.32. The van der Waals surface area contributed by atoms with Crippen molar-refractivity contribution in [2.45, 2.75) is 52.0 Å². The first-order valence-electron chi connectivity index (χ1n) is 10.5. The van der Waals surface area contributed by atoms with E-state index in [2.05, 4.69) is 87.2 Å². The third-order valence-electron chi connectivity index (χ3n) is 6.06. The van der Waals surface area contributed by atoms with Crippen molar-refractivity contribution in [3.8, 4) is 0 Å². The maximum Gasteiger partial charge on any atom is 0.0708 e. The molecule has 0 spiro atoms. The average molecular weight is 405 g/mol. The van der Waals surface area contributed by atoms with Crippen molar-refractivity contribution < 1.29 is 0 Å². The molecule has 1 heterocycles. The quantitative estimate of drug-likeness (QED) is 0.406. The van der Waals surface area contributed by atoms with Crippen molar-refractivity contribution in [3.05, 3.63) is 70.7 Å². The summed E-state index contributed by atoms with van der Waals surface area (Å²) in [5.41, 5.74) is 4.76. The topological polar surface area (TPSA) is 15.6 Å². The molecule has 0 N–H and O–H groups in total. The molecule has 150 valence electrons.